The van der Waals surface area contributed by atoms with Crippen LogP contribution in [0.1, 0.15) is 87.4 Å². The van der Waals surface area contributed by atoms with Crippen molar-refractivity contribution in [3.05, 3.63) is 153 Å². The fraction of sp³-hybridized carbons (Fsp3) is 0.327. The minimum Gasteiger partial charge on any atom is -0.497 e. The van der Waals surface area contributed by atoms with E-state index in [0.29, 0.717) is 5.56 Å². The predicted molar refractivity (Wildman–Crippen MR) is 245 cm³/mol. The third kappa shape index (κ3) is 6.79. The molecule has 7 heteroatoms. The van der Waals surface area contributed by atoms with Crippen LogP contribution < -0.4 is 19.3 Å². The highest BCUT2D eigenvalue weighted by Crippen LogP contribution is 2.52. The number of rotatable bonds is 9. The zero-order valence-electron chi connectivity index (χ0n) is 35.8. The SMILES string of the molecule is CCN1/C(=C/C=C2\CC(c3ccc(C(=O)OC)cc3)CC(/C=C/C3N(CC)c4ccc5cc(OC)ccc5c4C3(C)C)=C2Cl)C(C)(C)c2c1ccc1cc(OC)ccc21. The summed E-state index contributed by atoms with van der Waals surface area (Å²) < 4.78 is 16.2. The molecule has 2 aliphatic heterocycles. The van der Waals surface area contributed by atoms with E-state index in [0.717, 1.165) is 53.6 Å². The van der Waals surface area contributed by atoms with Gasteiger partial charge in [-0.25, -0.2) is 4.79 Å². The lowest BCUT2D eigenvalue weighted by Crippen LogP contribution is -2.39. The average molecular weight is 807 g/mol. The Bertz CT molecular complexity index is 2600. The molecule has 8 rings (SSSR count). The number of anilines is 2. The number of allylic oxidation sites excluding steroid dienone is 7. The molecule has 2 unspecified atom stereocenters. The zero-order valence-corrected chi connectivity index (χ0v) is 36.5. The van der Waals surface area contributed by atoms with Crippen LogP contribution in [0.4, 0.5) is 11.4 Å². The summed E-state index contributed by atoms with van der Waals surface area (Å²) in [5.74, 6) is 1.55. The van der Waals surface area contributed by atoms with Gasteiger partial charge >= 0.3 is 5.97 Å². The number of methoxy groups -OCH3 is 3. The fourth-order valence-electron chi connectivity index (χ4n) is 10.2. The molecule has 2 atom stereocenters. The molecule has 5 aromatic carbocycles. The Kier molecular flexibility index (Phi) is 10.7. The monoisotopic (exact) mass is 806 g/mol. The van der Waals surface area contributed by atoms with E-state index in [4.69, 9.17) is 25.8 Å². The van der Waals surface area contributed by atoms with Crippen LogP contribution in [0.3, 0.4) is 0 Å². The number of hydrogen-bond donors (Lipinski definition) is 0. The minimum absolute atomic E-state index is 0.118. The first-order chi connectivity index (χ1) is 28.4. The van der Waals surface area contributed by atoms with E-state index in [2.05, 4.69) is 148 Å². The summed E-state index contributed by atoms with van der Waals surface area (Å²) in [5.41, 5.74) is 9.95. The molecule has 0 radical (unpaired) electrons. The molecule has 0 saturated heterocycles. The van der Waals surface area contributed by atoms with Gasteiger partial charge in [0.05, 0.1) is 32.9 Å². The Morgan fingerprint density at radius 2 is 1.39 bits per heavy atom. The van der Waals surface area contributed by atoms with Gasteiger partial charge in [-0.15, -0.1) is 0 Å². The number of nitrogens with zero attached hydrogens (tertiary/aromatic N) is 2. The van der Waals surface area contributed by atoms with Crippen LogP contribution in [0.2, 0.25) is 0 Å². The first-order valence-electron chi connectivity index (χ1n) is 20.8. The molecule has 304 valence electrons. The van der Waals surface area contributed by atoms with E-state index in [9.17, 15) is 4.79 Å². The van der Waals surface area contributed by atoms with Crippen LogP contribution in [0, 0.1) is 0 Å². The molecule has 1 aliphatic carbocycles. The van der Waals surface area contributed by atoms with Crippen molar-refractivity contribution in [2.75, 3.05) is 44.2 Å². The maximum atomic E-state index is 12.4. The van der Waals surface area contributed by atoms with Crippen LogP contribution in [-0.2, 0) is 15.6 Å². The molecule has 6 nitrogen and oxygen atoms in total. The Morgan fingerprint density at radius 3 is 1.98 bits per heavy atom. The lowest BCUT2D eigenvalue weighted by molar-refractivity contribution is 0.0600. The quantitative estimate of drug-likeness (QED) is 0.138. The molecular weight excluding hydrogens is 752 g/mol. The summed E-state index contributed by atoms with van der Waals surface area (Å²) in [7, 11) is 4.85. The maximum Gasteiger partial charge on any atom is 0.337 e. The second-order valence-corrected chi connectivity index (χ2v) is 17.5. The van der Waals surface area contributed by atoms with Crippen molar-refractivity contribution < 1.29 is 19.0 Å². The molecule has 59 heavy (non-hydrogen) atoms. The number of halogens is 1. The summed E-state index contributed by atoms with van der Waals surface area (Å²) in [5, 5.41) is 5.67. The number of benzene rings is 5. The zero-order chi connectivity index (χ0) is 41.8. The van der Waals surface area contributed by atoms with E-state index in [1.54, 1.807) is 14.2 Å². The molecule has 0 fully saturated rings. The molecule has 0 N–H and O–H groups in total. The number of esters is 1. The summed E-state index contributed by atoms with van der Waals surface area (Å²) in [6, 6.07) is 29.7. The Morgan fingerprint density at radius 1 is 0.763 bits per heavy atom. The second kappa shape index (κ2) is 15.6. The van der Waals surface area contributed by atoms with E-state index >= 15 is 0 Å². The van der Waals surface area contributed by atoms with E-state index in [1.165, 1.54) is 62.4 Å². The number of ether oxygens (including phenoxy) is 3. The van der Waals surface area contributed by atoms with Crippen molar-refractivity contribution in [2.45, 2.75) is 77.2 Å². The summed E-state index contributed by atoms with van der Waals surface area (Å²) in [6.07, 6.45) is 10.8. The number of fused-ring (bicyclic) bond motifs is 6. The molecular formula is C52H55ClN2O4. The molecule has 0 aromatic heterocycles. The van der Waals surface area contributed by atoms with Gasteiger partial charge in [0.1, 0.15) is 11.5 Å². The summed E-state index contributed by atoms with van der Waals surface area (Å²) >= 11 is 7.55. The first-order valence-corrected chi connectivity index (χ1v) is 21.2. The number of likely N-dealkylation sites (N-methyl/N-ethyl adjacent to an activating group) is 2. The molecule has 0 spiro atoms. The smallest absolute Gasteiger partial charge is 0.337 e. The molecule has 0 saturated carbocycles. The predicted octanol–water partition coefficient (Wildman–Crippen LogP) is 12.5. The highest BCUT2D eigenvalue weighted by molar-refractivity contribution is 6.32. The summed E-state index contributed by atoms with van der Waals surface area (Å²) in [6.45, 7) is 15.6. The molecule has 2 heterocycles. The van der Waals surface area contributed by atoms with Gasteiger partial charge in [0.15, 0.2) is 0 Å². The van der Waals surface area contributed by atoms with Crippen molar-refractivity contribution >= 4 is 50.5 Å². The standard InChI is InChI=1S/C52H55ClN2O4/c1-10-54-43-24-16-34-30-39(57-7)20-22-41(34)47(43)51(3,4)45(54)26-18-36-28-38(32-12-14-33(15-13-32)50(56)59-9)29-37(49(36)53)19-27-46-52(5,6)48-42-23-21-40(58-8)31-35(42)17-25-44(48)55(46)11-2/h12-27,30-31,38,45H,10-11,28-29H2,1-9H3/b26-18+,37-19+,46-27+. The normalized spacial score (nSPS) is 20.9. The third-order valence-corrected chi connectivity index (χ3v) is 13.7. The van der Waals surface area contributed by atoms with Crippen molar-refractivity contribution in [3.63, 3.8) is 0 Å². The molecule has 5 aromatic rings. The Labute approximate surface area is 354 Å². The van der Waals surface area contributed by atoms with Gasteiger partial charge in [0.25, 0.3) is 0 Å². The van der Waals surface area contributed by atoms with E-state index in [1.807, 2.05) is 12.1 Å². The Balaban J connectivity index is 1.20. The van der Waals surface area contributed by atoms with Gasteiger partial charge in [0.2, 0.25) is 0 Å². The van der Waals surface area contributed by atoms with Gasteiger partial charge in [-0.1, -0.05) is 93.9 Å². The van der Waals surface area contributed by atoms with Crippen LogP contribution in [0.15, 0.2) is 131 Å². The van der Waals surface area contributed by atoms with Gasteiger partial charge < -0.3 is 24.0 Å². The maximum absolute atomic E-state index is 12.4. The van der Waals surface area contributed by atoms with Gasteiger partial charge in [-0.3, -0.25) is 0 Å². The van der Waals surface area contributed by atoms with Crippen molar-refractivity contribution in [3.8, 4) is 11.5 Å². The summed E-state index contributed by atoms with van der Waals surface area (Å²) in [4.78, 5) is 17.3. The second-order valence-electron chi connectivity index (χ2n) is 17.1. The number of hydrogen-bond acceptors (Lipinski definition) is 6. The van der Waals surface area contributed by atoms with Gasteiger partial charge in [-0.2, -0.15) is 0 Å². The van der Waals surface area contributed by atoms with Crippen LogP contribution in [0.25, 0.3) is 21.5 Å². The fourth-order valence-corrected chi connectivity index (χ4v) is 10.5. The van der Waals surface area contributed by atoms with Gasteiger partial charge in [0, 0.05) is 46.0 Å². The van der Waals surface area contributed by atoms with Gasteiger partial charge in [-0.05, 0) is 137 Å². The largest absolute Gasteiger partial charge is 0.497 e. The highest BCUT2D eigenvalue weighted by atomic mass is 35.5. The minimum atomic E-state index is -0.334. The Hall–Kier alpha value is -5.46. The molecule has 0 bridgehead atoms. The van der Waals surface area contributed by atoms with E-state index in [-0.39, 0.29) is 28.8 Å². The third-order valence-electron chi connectivity index (χ3n) is 13.2. The van der Waals surface area contributed by atoms with Crippen LogP contribution in [0.5, 0.6) is 11.5 Å². The van der Waals surface area contributed by atoms with Crippen molar-refractivity contribution in [1.82, 2.24) is 0 Å². The molecule has 0 amide bonds. The number of carbonyl (C=O) groups excluding carboxylic acids is 1. The number of carbonyl (C=O) groups is 1. The lowest BCUT2D eigenvalue weighted by atomic mass is 9.77. The van der Waals surface area contributed by atoms with Crippen LogP contribution in [-0.4, -0.2) is 46.4 Å². The highest BCUT2D eigenvalue weighted by Gasteiger charge is 2.44. The topological polar surface area (TPSA) is 51.2 Å². The van der Waals surface area contributed by atoms with E-state index < -0.39 is 0 Å². The van der Waals surface area contributed by atoms with Crippen molar-refractivity contribution in [1.29, 1.82) is 0 Å². The molecule has 3 aliphatic rings. The lowest BCUT2D eigenvalue weighted by Gasteiger charge is -2.32. The van der Waals surface area contributed by atoms with Crippen molar-refractivity contribution in [2.24, 2.45) is 0 Å². The van der Waals surface area contributed by atoms with Crippen LogP contribution >= 0.6 is 11.6 Å². The first kappa shape index (κ1) is 40.3. The average Bonchev–Trinajstić information content (AvgIpc) is 3.62.